The normalized spacial score (nSPS) is 10.9. The van der Waals surface area contributed by atoms with E-state index in [1.54, 1.807) is 18.2 Å². The third kappa shape index (κ3) is 4.78. The smallest absolute Gasteiger partial charge is 0.270 e. The van der Waals surface area contributed by atoms with Gasteiger partial charge < -0.3 is 5.32 Å². The van der Waals surface area contributed by atoms with E-state index in [2.05, 4.69) is 19.2 Å². The molecule has 118 valence electrons. The number of nitro benzene ring substituents is 1. The number of nitrogens with one attached hydrogen (secondary N) is 1. The molecule has 1 amide bonds. The third-order valence-electron chi connectivity index (χ3n) is 3.33. The summed E-state index contributed by atoms with van der Waals surface area (Å²) in [4.78, 5) is 22.2. The topological polar surface area (TPSA) is 72.2 Å². The first-order valence-electron chi connectivity index (χ1n) is 7.29. The molecule has 0 saturated heterocycles. The molecule has 0 aliphatic carbocycles. The van der Waals surface area contributed by atoms with Gasteiger partial charge in [-0.1, -0.05) is 38.1 Å². The van der Waals surface area contributed by atoms with E-state index in [-0.39, 0.29) is 11.6 Å². The van der Waals surface area contributed by atoms with Crippen LogP contribution in [0.5, 0.6) is 0 Å². The molecule has 0 saturated carbocycles. The fraction of sp³-hybridized carbons (Fsp3) is 0.167. The Labute approximate surface area is 134 Å². The van der Waals surface area contributed by atoms with Gasteiger partial charge in [-0.3, -0.25) is 14.9 Å². The molecule has 0 radical (unpaired) electrons. The molecule has 0 fully saturated rings. The second-order valence-electron chi connectivity index (χ2n) is 5.45. The Balaban J connectivity index is 2.06. The van der Waals surface area contributed by atoms with Gasteiger partial charge in [0.15, 0.2) is 0 Å². The average Bonchev–Trinajstić information content (AvgIpc) is 2.53. The maximum atomic E-state index is 12.0. The summed E-state index contributed by atoms with van der Waals surface area (Å²) < 4.78 is 0. The van der Waals surface area contributed by atoms with Crippen molar-refractivity contribution in [2.24, 2.45) is 0 Å². The van der Waals surface area contributed by atoms with Gasteiger partial charge in [0.05, 0.1) is 4.92 Å². The summed E-state index contributed by atoms with van der Waals surface area (Å²) in [5.41, 5.74) is 2.47. The van der Waals surface area contributed by atoms with Gasteiger partial charge in [0.2, 0.25) is 5.91 Å². The van der Waals surface area contributed by atoms with Crippen molar-refractivity contribution < 1.29 is 9.72 Å². The molecule has 0 aliphatic heterocycles. The Morgan fingerprint density at radius 2 is 1.91 bits per heavy atom. The van der Waals surface area contributed by atoms with Crippen molar-refractivity contribution in [3.63, 3.8) is 0 Å². The predicted octanol–water partition coefficient (Wildman–Crippen LogP) is 4.37. The van der Waals surface area contributed by atoms with Crippen LogP contribution in [0.15, 0.2) is 54.6 Å². The molecule has 0 aliphatic rings. The van der Waals surface area contributed by atoms with Crippen LogP contribution in [0.4, 0.5) is 11.4 Å². The molecule has 2 aromatic carbocycles. The van der Waals surface area contributed by atoms with Crippen molar-refractivity contribution in [1.29, 1.82) is 0 Å². The summed E-state index contributed by atoms with van der Waals surface area (Å²) in [6.45, 7) is 4.17. The summed E-state index contributed by atoms with van der Waals surface area (Å²) in [6, 6.07) is 13.8. The molecule has 5 heteroatoms. The zero-order chi connectivity index (χ0) is 16.8. The standard InChI is InChI=1S/C18H18N2O3/c1-13(2)15-6-4-7-16(12-15)19-18(21)10-9-14-5-3-8-17(11-14)20(22)23/h3-13H,1-2H3,(H,19,21)/b10-9+. The Bertz CT molecular complexity index is 751. The van der Waals surface area contributed by atoms with Crippen LogP contribution in [-0.4, -0.2) is 10.8 Å². The van der Waals surface area contributed by atoms with Gasteiger partial charge in [-0.15, -0.1) is 0 Å². The van der Waals surface area contributed by atoms with E-state index in [1.165, 1.54) is 18.2 Å². The number of anilines is 1. The van der Waals surface area contributed by atoms with Crippen molar-refractivity contribution in [3.05, 3.63) is 75.8 Å². The number of non-ortho nitro benzene ring substituents is 1. The lowest BCUT2D eigenvalue weighted by atomic mass is 10.0. The predicted molar refractivity (Wildman–Crippen MR) is 91.3 cm³/mol. The maximum Gasteiger partial charge on any atom is 0.270 e. The SMILES string of the molecule is CC(C)c1cccc(NC(=O)/C=C/c2cccc([N+](=O)[O-])c2)c1. The second kappa shape index (κ2) is 7.35. The number of rotatable bonds is 5. The van der Waals surface area contributed by atoms with E-state index >= 15 is 0 Å². The van der Waals surface area contributed by atoms with Crippen LogP contribution in [-0.2, 0) is 4.79 Å². The molecule has 0 heterocycles. The molecule has 0 unspecified atom stereocenters. The molecule has 0 spiro atoms. The van der Waals surface area contributed by atoms with Gasteiger partial charge in [0.1, 0.15) is 0 Å². The highest BCUT2D eigenvalue weighted by Gasteiger charge is 2.05. The molecular weight excluding hydrogens is 292 g/mol. The highest BCUT2D eigenvalue weighted by Crippen LogP contribution is 2.18. The monoisotopic (exact) mass is 310 g/mol. The van der Waals surface area contributed by atoms with Crippen molar-refractivity contribution in [1.82, 2.24) is 0 Å². The lowest BCUT2D eigenvalue weighted by Gasteiger charge is -2.08. The maximum absolute atomic E-state index is 12.0. The quantitative estimate of drug-likeness (QED) is 0.506. The van der Waals surface area contributed by atoms with Crippen molar-refractivity contribution in [2.45, 2.75) is 19.8 Å². The van der Waals surface area contributed by atoms with Crippen molar-refractivity contribution in [2.75, 3.05) is 5.32 Å². The molecular formula is C18H18N2O3. The summed E-state index contributed by atoms with van der Waals surface area (Å²) >= 11 is 0. The van der Waals surface area contributed by atoms with Crippen molar-refractivity contribution >= 4 is 23.4 Å². The van der Waals surface area contributed by atoms with Crippen LogP contribution < -0.4 is 5.32 Å². The first-order valence-corrected chi connectivity index (χ1v) is 7.29. The lowest BCUT2D eigenvalue weighted by molar-refractivity contribution is -0.384. The molecule has 0 atom stereocenters. The Hall–Kier alpha value is -2.95. The third-order valence-corrected chi connectivity index (χ3v) is 3.33. The van der Waals surface area contributed by atoms with E-state index in [1.807, 2.05) is 24.3 Å². The Kier molecular flexibility index (Phi) is 5.25. The summed E-state index contributed by atoms with van der Waals surface area (Å²) in [7, 11) is 0. The van der Waals surface area contributed by atoms with E-state index in [0.29, 0.717) is 11.5 Å². The lowest BCUT2D eigenvalue weighted by Crippen LogP contribution is -2.08. The second-order valence-corrected chi connectivity index (χ2v) is 5.45. The van der Waals surface area contributed by atoms with E-state index in [9.17, 15) is 14.9 Å². The Morgan fingerprint density at radius 1 is 1.17 bits per heavy atom. The number of nitrogens with zero attached hydrogens (tertiary/aromatic N) is 1. The van der Waals surface area contributed by atoms with Gasteiger partial charge in [0.25, 0.3) is 5.69 Å². The van der Waals surface area contributed by atoms with Crippen LogP contribution in [0, 0.1) is 10.1 Å². The van der Waals surface area contributed by atoms with Crippen LogP contribution in [0.3, 0.4) is 0 Å². The molecule has 0 bridgehead atoms. The average molecular weight is 310 g/mol. The highest BCUT2D eigenvalue weighted by molar-refractivity contribution is 6.02. The summed E-state index contributed by atoms with van der Waals surface area (Å²) in [5.74, 6) is 0.102. The molecule has 23 heavy (non-hydrogen) atoms. The number of nitro groups is 1. The van der Waals surface area contributed by atoms with Gasteiger partial charge in [-0.05, 0) is 35.3 Å². The van der Waals surface area contributed by atoms with Crippen LogP contribution in [0.2, 0.25) is 0 Å². The van der Waals surface area contributed by atoms with Crippen LogP contribution in [0.25, 0.3) is 6.08 Å². The van der Waals surface area contributed by atoms with E-state index < -0.39 is 4.92 Å². The first kappa shape index (κ1) is 16.4. The fourth-order valence-electron chi connectivity index (χ4n) is 2.07. The van der Waals surface area contributed by atoms with Crippen LogP contribution >= 0.6 is 0 Å². The van der Waals surface area contributed by atoms with Crippen LogP contribution in [0.1, 0.15) is 30.9 Å². The van der Waals surface area contributed by atoms with Gasteiger partial charge >= 0.3 is 0 Å². The number of amides is 1. The number of hydrogen-bond acceptors (Lipinski definition) is 3. The number of carbonyl (C=O) groups is 1. The number of benzene rings is 2. The minimum absolute atomic E-state index is 0.00260. The highest BCUT2D eigenvalue weighted by atomic mass is 16.6. The fourth-order valence-corrected chi connectivity index (χ4v) is 2.07. The first-order chi connectivity index (χ1) is 11.0. The van der Waals surface area contributed by atoms with E-state index in [0.717, 1.165) is 11.3 Å². The van der Waals surface area contributed by atoms with Gasteiger partial charge in [0, 0.05) is 23.9 Å². The Morgan fingerprint density at radius 3 is 2.61 bits per heavy atom. The molecule has 2 aromatic rings. The summed E-state index contributed by atoms with van der Waals surface area (Å²) in [5, 5.41) is 13.5. The number of hydrogen-bond donors (Lipinski definition) is 1. The number of carbonyl (C=O) groups excluding carboxylic acids is 1. The zero-order valence-electron chi connectivity index (χ0n) is 13.0. The zero-order valence-corrected chi connectivity index (χ0v) is 13.0. The molecule has 5 nitrogen and oxygen atoms in total. The minimum atomic E-state index is -0.463. The van der Waals surface area contributed by atoms with E-state index in [4.69, 9.17) is 0 Å². The minimum Gasteiger partial charge on any atom is -0.323 e. The van der Waals surface area contributed by atoms with Gasteiger partial charge in [-0.25, -0.2) is 0 Å². The molecule has 1 N–H and O–H groups in total. The summed E-state index contributed by atoms with van der Waals surface area (Å²) in [6.07, 6.45) is 2.91. The molecule has 2 rings (SSSR count). The molecule has 0 aromatic heterocycles. The van der Waals surface area contributed by atoms with Crippen molar-refractivity contribution in [3.8, 4) is 0 Å². The largest absolute Gasteiger partial charge is 0.323 e. The van der Waals surface area contributed by atoms with Gasteiger partial charge in [-0.2, -0.15) is 0 Å².